The van der Waals surface area contributed by atoms with Crippen LogP contribution < -0.4 is 14.8 Å². The van der Waals surface area contributed by atoms with Crippen LogP contribution in [0.5, 0.6) is 17.2 Å². The van der Waals surface area contributed by atoms with Crippen molar-refractivity contribution in [2.75, 3.05) is 31.4 Å². The Balaban J connectivity index is 1.18. The summed E-state index contributed by atoms with van der Waals surface area (Å²) in [4.78, 5) is 16.9. The topological polar surface area (TPSA) is 200 Å². The number of nitrogens with one attached hydrogen (secondary N) is 1. The highest BCUT2D eigenvalue weighted by atomic mass is 33.1. The molecule has 0 amide bonds. The summed E-state index contributed by atoms with van der Waals surface area (Å²) in [5, 5.41) is 70.2. The van der Waals surface area contributed by atoms with Crippen LogP contribution in [0.2, 0.25) is 0 Å². The van der Waals surface area contributed by atoms with E-state index in [2.05, 4.69) is 54.5 Å². The van der Waals surface area contributed by atoms with Gasteiger partial charge in [0, 0.05) is 30.2 Å². The van der Waals surface area contributed by atoms with Crippen LogP contribution >= 0.6 is 21.6 Å². The van der Waals surface area contributed by atoms with Crippen LogP contribution in [0.25, 0.3) is 17.4 Å². The zero-order chi connectivity index (χ0) is 41.7. The minimum absolute atomic E-state index is 0.0103. The molecule has 0 unspecified atom stereocenters. The Kier molecular flexibility index (Phi) is 13.7. The van der Waals surface area contributed by atoms with Crippen LogP contribution in [-0.4, -0.2) is 111 Å². The summed E-state index contributed by atoms with van der Waals surface area (Å²) in [5.41, 5.74) is 2.45. The number of phenols is 1. The summed E-state index contributed by atoms with van der Waals surface area (Å²) in [5.74, 6) is -0.548. The van der Waals surface area contributed by atoms with Gasteiger partial charge in [-0.25, -0.2) is 4.79 Å². The molecule has 4 aliphatic heterocycles. The minimum atomic E-state index is -2.55. The number of aromatic hydroxyl groups is 1. The SMILES string of the molecule is CCc1ccccc1/C=C/C[C@H](C)[C@@H]1CN[C@H](O)[C@]2(O)[C@H](Oc3ccc4c(c3)OCC(c3ccc(O)cc3)=C4O)O[C@H](C(=O)O)[C@@H](O)[C@@H]2OCSSC[C@@H]1C1=CCN=C1. The fourth-order valence-electron chi connectivity index (χ4n) is 8.10. The fraction of sp³-hybridized carbons (Fsp3) is 0.409. The Morgan fingerprint density at radius 2 is 1.90 bits per heavy atom. The van der Waals surface area contributed by atoms with E-state index in [4.69, 9.17) is 18.9 Å². The number of hydrogen-bond acceptors (Lipinski definition) is 14. The van der Waals surface area contributed by atoms with Gasteiger partial charge in [0.25, 0.3) is 0 Å². The molecule has 0 aromatic heterocycles. The lowest BCUT2D eigenvalue weighted by Crippen LogP contribution is -2.75. The lowest BCUT2D eigenvalue weighted by molar-refractivity contribution is -0.342. The van der Waals surface area contributed by atoms with Gasteiger partial charge in [-0.1, -0.05) is 90.1 Å². The van der Waals surface area contributed by atoms with Crippen LogP contribution in [0.15, 0.2) is 89.4 Å². The second-order valence-electron chi connectivity index (χ2n) is 15.1. The third kappa shape index (κ3) is 9.22. The number of aliphatic imine (C=N–C) groups is 1. The van der Waals surface area contributed by atoms with Gasteiger partial charge < -0.3 is 49.6 Å². The molecule has 314 valence electrons. The molecular formula is C44H50N2O11S2. The number of aliphatic hydroxyl groups is 4. The first-order valence-electron chi connectivity index (χ1n) is 19.6. The molecule has 0 aliphatic carbocycles. The van der Waals surface area contributed by atoms with E-state index in [0.717, 1.165) is 24.0 Å². The van der Waals surface area contributed by atoms with Crippen LogP contribution in [0.3, 0.4) is 0 Å². The predicted molar refractivity (Wildman–Crippen MR) is 228 cm³/mol. The molecular weight excluding hydrogens is 797 g/mol. The maximum atomic E-state index is 12.6. The normalized spacial score (nSPS) is 29.4. The summed E-state index contributed by atoms with van der Waals surface area (Å²) < 4.78 is 24.0. The zero-order valence-corrected chi connectivity index (χ0v) is 34.4. The molecule has 2 fully saturated rings. The van der Waals surface area contributed by atoms with E-state index in [0.29, 0.717) is 29.0 Å². The molecule has 4 aliphatic rings. The van der Waals surface area contributed by atoms with Crippen LogP contribution in [0.4, 0.5) is 0 Å². The molecule has 15 heteroatoms. The smallest absolute Gasteiger partial charge is 0.335 e. The van der Waals surface area contributed by atoms with Crippen molar-refractivity contribution < 1.29 is 54.4 Å². The van der Waals surface area contributed by atoms with E-state index in [1.165, 1.54) is 46.7 Å². The van der Waals surface area contributed by atoms with Gasteiger partial charge >= 0.3 is 5.97 Å². The Labute approximate surface area is 350 Å². The molecule has 3 aromatic rings. The third-order valence-electron chi connectivity index (χ3n) is 11.5. The number of allylic oxidation sites excluding steroid dienone is 2. The number of hydrogen-bond donors (Lipinski definition) is 7. The molecule has 3 aromatic carbocycles. The highest BCUT2D eigenvalue weighted by Crippen LogP contribution is 2.43. The van der Waals surface area contributed by atoms with Gasteiger partial charge in [0.15, 0.2) is 11.7 Å². The third-order valence-corrected chi connectivity index (χ3v) is 13.6. The van der Waals surface area contributed by atoms with E-state index < -0.39 is 42.4 Å². The van der Waals surface area contributed by atoms with Gasteiger partial charge in [-0.15, -0.1) is 0 Å². The number of carboxylic acid groups (broad SMARTS) is 1. The quantitative estimate of drug-likeness (QED) is 0.123. The molecule has 0 bridgehead atoms. The van der Waals surface area contributed by atoms with Crippen molar-refractivity contribution in [1.29, 1.82) is 0 Å². The summed E-state index contributed by atoms with van der Waals surface area (Å²) in [6, 6.07) is 19.1. The highest BCUT2D eigenvalue weighted by molar-refractivity contribution is 8.76. The Morgan fingerprint density at radius 3 is 2.64 bits per heavy atom. The number of nitrogens with zero attached hydrogens (tertiary/aromatic N) is 1. The minimum Gasteiger partial charge on any atom is -0.508 e. The molecule has 9 atom stereocenters. The maximum absolute atomic E-state index is 12.6. The van der Waals surface area contributed by atoms with E-state index in [1.54, 1.807) is 22.9 Å². The second kappa shape index (κ2) is 18.9. The van der Waals surface area contributed by atoms with Crippen molar-refractivity contribution in [2.24, 2.45) is 22.7 Å². The van der Waals surface area contributed by atoms with Crippen LogP contribution in [0.1, 0.15) is 42.5 Å². The molecule has 0 saturated carbocycles. The fourth-order valence-corrected chi connectivity index (χ4v) is 10.2. The lowest BCUT2D eigenvalue weighted by atomic mass is 9.77. The number of aryl methyl sites for hydroxylation is 1. The van der Waals surface area contributed by atoms with E-state index in [1.807, 2.05) is 18.3 Å². The average Bonchev–Trinajstić information content (AvgIpc) is 3.77. The molecule has 0 spiro atoms. The first-order valence-corrected chi connectivity index (χ1v) is 22.1. The number of phenolic OH excluding ortho intramolecular Hbond substituents is 1. The first kappa shape index (κ1) is 42.8. The van der Waals surface area contributed by atoms with Gasteiger partial charge in [0.05, 0.1) is 12.1 Å². The van der Waals surface area contributed by atoms with E-state index in [-0.39, 0.29) is 59.9 Å². The highest BCUT2D eigenvalue weighted by Gasteiger charge is 2.63. The average molecular weight is 847 g/mol. The molecule has 7 rings (SSSR count). The van der Waals surface area contributed by atoms with Crippen molar-refractivity contribution in [3.63, 3.8) is 0 Å². The molecule has 59 heavy (non-hydrogen) atoms. The van der Waals surface area contributed by atoms with E-state index in [9.17, 15) is 35.4 Å². The number of carbonyl (C=O) groups is 1. The molecule has 13 nitrogen and oxygen atoms in total. The number of carboxylic acids is 1. The summed E-state index contributed by atoms with van der Waals surface area (Å²) in [7, 11) is 2.91. The number of fused-ring (bicyclic) bond motifs is 2. The standard InChI is InChI=1S/C44H50N2O11S2/c1-3-26-8-4-5-9-27(26)10-6-7-25(2)33-21-46-42(52)44(53)40(55-24-59-58-23-35(33)29-17-18-45-20-29)38(49)39(41(50)51)57-43(44)56-31-15-16-32-36(19-31)54-22-34(37(32)48)28-11-13-30(47)14-12-28/h4-6,8-17,19-20,25,33,35,38-40,42-43,46-49,52-53H,3,7,18,21-24H2,1-2H3,(H,50,51)/b10-6+/t25-,33-,35+,38+,39-,40-,42+,43+,44-/m0/s1. The summed E-state index contributed by atoms with van der Waals surface area (Å²) in [6.45, 7) is 5.08. The molecule has 4 heterocycles. The van der Waals surface area contributed by atoms with Gasteiger partial charge in [-0.2, -0.15) is 0 Å². The van der Waals surface area contributed by atoms with Crippen molar-refractivity contribution >= 4 is 51.2 Å². The maximum Gasteiger partial charge on any atom is 0.335 e. The Hall–Kier alpha value is -4.32. The van der Waals surface area contributed by atoms with Gasteiger partial charge in [0.2, 0.25) is 6.29 Å². The lowest BCUT2D eigenvalue weighted by Gasteiger charge is -2.50. The van der Waals surface area contributed by atoms with Crippen molar-refractivity contribution in [2.45, 2.75) is 63.1 Å². The van der Waals surface area contributed by atoms with Gasteiger partial charge in [0.1, 0.15) is 54.0 Å². The molecule has 7 N–H and O–H groups in total. The van der Waals surface area contributed by atoms with Crippen molar-refractivity contribution in [3.8, 4) is 17.2 Å². The monoisotopic (exact) mass is 846 g/mol. The number of aliphatic hydroxyl groups excluding tert-OH is 3. The summed E-state index contributed by atoms with van der Waals surface area (Å²) in [6.07, 6.45) is 0.794. The number of aliphatic carboxylic acids is 1. The number of ether oxygens (including phenoxy) is 4. The summed E-state index contributed by atoms with van der Waals surface area (Å²) >= 11 is 0. The van der Waals surface area contributed by atoms with Crippen molar-refractivity contribution in [1.82, 2.24) is 5.32 Å². The van der Waals surface area contributed by atoms with E-state index >= 15 is 0 Å². The van der Waals surface area contributed by atoms with Crippen LogP contribution in [0, 0.1) is 17.8 Å². The van der Waals surface area contributed by atoms with Crippen LogP contribution in [-0.2, 0) is 20.7 Å². The van der Waals surface area contributed by atoms with Gasteiger partial charge in [-0.3, -0.25) is 10.3 Å². The van der Waals surface area contributed by atoms with Gasteiger partial charge in [-0.05, 0) is 77.1 Å². The number of rotatable bonds is 10. The molecule has 0 radical (unpaired) electrons. The molecule has 2 saturated heterocycles. The first-order chi connectivity index (χ1) is 28.5. The van der Waals surface area contributed by atoms with Crippen molar-refractivity contribution in [3.05, 3.63) is 107 Å². The Bertz CT molecular complexity index is 2090. The number of benzene rings is 3. The predicted octanol–water partition coefficient (Wildman–Crippen LogP) is 5.68. The Morgan fingerprint density at radius 1 is 1.10 bits per heavy atom. The second-order valence-corrected chi connectivity index (χ2v) is 17.6. The largest absolute Gasteiger partial charge is 0.508 e. The zero-order valence-electron chi connectivity index (χ0n) is 32.7.